The van der Waals surface area contributed by atoms with Crippen LogP contribution in [0.1, 0.15) is 32.1 Å². The monoisotopic (exact) mass is 292 g/mol. The average Bonchev–Trinajstić information content (AvgIpc) is 2.54. The van der Waals surface area contributed by atoms with E-state index in [9.17, 15) is 5.26 Å². The molecule has 2 unspecified atom stereocenters. The maximum absolute atomic E-state index is 9.22. The minimum Gasteiger partial charge on any atom is -0.381 e. The third-order valence-electron chi connectivity index (χ3n) is 3.36. The predicted molar refractivity (Wildman–Crippen MR) is 73.7 cm³/mol. The van der Waals surface area contributed by atoms with Crippen molar-refractivity contribution < 1.29 is 0 Å². The van der Waals surface area contributed by atoms with E-state index in [0.29, 0.717) is 6.04 Å². The lowest BCUT2D eigenvalue weighted by Crippen LogP contribution is -2.27. The van der Waals surface area contributed by atoms with Gasteiger partial charge in [-0.15, -0.1) is 0 Å². The zero-order valence-electron chi connectivity index (χ0n) is 9.82. The van der Waals surface area contributed by atoms with Gasteiger partial charge in [0.05, 0.1) is 12.0 Å². The van der Waals surface area contributed by atoms with Crippen LogP contribution in [0.3, 0.4) is 0 Å². The van der Waals surface area contributed by atoms with Crippen molar-refractivity contribution in [3.63, 3.8) is 0 Å². The lowest BCUT2D eigenvalue weighted by Gasteiger charge is -2.22. The van der Waals surface area contributed by atoms with Crippen molar-refractivity contribution in [1.82, 2.24) is 0 Å². The molecule has 0 aliphatic heterocycles. The molecule has 90 valence electrons. The molecule has 2 nitrogen and oxygen atoms in total. The molecule has 3 heteroatoms. The second kappa shape index (κ2) is 6.07. The van der Waals surface area contributed by atoms with Crippen LogP contribution >= 0.6 is 15.9 Å². The number of nitrogens with zero attached hydrogens (tertiary/aromatic N) is 1. The lowest BCUT2D eigenvalue weighted by atomic mass is 9.96. The molecular formula is C14H17BrN2. The zero-order chi connectivity index (χ0) is 12.1. The molecule has 1 N–H and O–H groups in total. The van der Waals surface area contributed by atoms with E-state index in [0.717, 1.165) is 23.0 Å². The summed E-state index contributed by atoms with van der Waals surface area (Å²) in [6.07, 6.45) is 5.81. The summed E-state index contributed by atoms with van der Waals surface area (Å²) >= 11 is 3.47. The zero-order valence-corrected chi connectivity index (χ0v) is 11.4. The van der Waals surface area contributed by atoms with E-state index in [-0.39, 0.29) is 5.92 Å². The molecule has 0 bridgehead atoms. The molecule has 1 aromatic carbocycles. The first kappa shape index (κ1) is 12.4. The number of nitriles is 1. The van der Waals surface area contributed by atoms with E-state index in [1.807, 2.05) is 12.1 Å². The van der Waals surface area contributed by atoms with Crippen LogP contribution in [0.2, 0.25) is 0 Å². The third-order valence-corrected chi connectivity index (χ3v) is 3.85. The average molecular weight is 293 g/mol. The van der Waals surface area contributed by atoms with Gasteiger partial charge in [-0.25, -0.2) is 0 Å². The molecule has 1 aromatic rings. The fraction of sp³-hybridized carbons (Fsp3) is 0.500. The van der Waals surface area contributed by atoms with Gasteiger partial charge >= 0.3 is 0 Å². The standard InChI is InChI=1S/C14H17BrN2/c15-12-6-4-7-13(9-12)17-14-8-3-1-2-5-11(14)10-16/h4,6-7,9,11,14,17H,1-3,5,8H2. The Kier molecular flexibility index (Phi) is 4.44. The minimum absolute atomic E-state index is 0.150. The van der Waals surface area contributed by atoms with E-state index in [2.05, 4.69) is 39.4 Å². The van der Waals surface area contributed by atoms with E-state index >= 15 is 0 Å². The Balaban J connectivity index is 2.07. The van der Waals surface area contributed by atoms with Gasteiger partial charge in [-0.05, 0) is 31.0 Å². The Morgan fingerprint density at radius 1 is 1.24 bits per heavy atom. The maximum atomic E-state index is 9.22. The van der Waals surface area contributed by atoms with Crippen molar-refractivity contribution in [2.75, 3.05) is 5.32 Å². The summed E-state index contributed by atoms with van der Waals surface area (Å²) < 4.78 is 1.07. The van der Waals surface area contributed by atoms with Gasteiger partial charge < -0.3 is 5.32 Å². The first-order valence-corrected chi connectivity index (χ1v) is 7.00. The number of hydrogen-bond donors (Lipinski definition) is 1. The molecule has 0 amide bonds. The Morgan fingerprint density at radius 3 is 2.82 bits per heavy atom. The molecule has 2 rings (SSSR count). The number of anilines is 1. The van der Waals surface area contributed by atoms with Gasteiger partial charge in [-0.3, -0.25) is 0 Å². The van der Waals surface area contributed by atoms with Crippen LogP contribution in [-0.2, 0) is 0 Å². The van der Waals surface area contributed by atoms with Gasteiger partial charge in [-0.1, -0.05) is 41.3 Å². The molecule has 1 saturated carbocycles. The molecule has 0 radical (unpaired) electrons. The summed E-state index contributed by atoms with van der Waals surface area (Å²) in [7, 11) is 0. The fourth-order valence-corrected chi connectivity index (χ4v) is 2.83. The topological polar surface area (TPSA) is 35.8 Å². The lowest BCUT2D eigenvalue weighted by molar-refractivity contribution is 0.514. The number of benzene rings is 1. The Morgan fingerprint density at radius 2 is 2.06 bits per heavy atom. The van der Waals surface area contributed by atoms with Crippen molar-refractivity contribution in [3.05, 3.63) is 28.7 Å². The Labute approximate surface area is 111 Å². The van der Waals surface area contributed by atoms with Gasteiger partial charge in [-0.2, -0.15) is 5.26 Å². The number of hydrogen-bond acceptors (Lipinski definition) is 2. The van der Waals surface area contributed by atoms with E-state index in [1.54, 1.807) is 0 Å². The van der Waals surface area contributed by atoms with Crippen LogP contribution in [0.15, 0.2) is 28.7 Å². The molecule has 17 heavy (non-hydrogen) atoms. The Hall–Kier alpha value is -1.01. The van der Waals surface area contributed by atoms with Crippen molar-refractivity contribution in [3.8, 4) is 6.07 Å². The van der Waals surface area contributed by atoms with Crippen molar-refractivity contribution in [1.29, 1.82) is 5.26 Å². The Bertz CT molecular complexity index is 411. The highest BCUT2D eigenvalue weighted by Crippen LogP contribution is 2.26. The number of rotatable bonds is 2. The second-order valence-electron chi connectivity index (χ2n) is 4.63. The van der Waals surface area contributed by atoms with Crippen LogP contribution in [0, 0.1) is 17.2 Å². The van der Waals surface area contributed by atoms with Crippen LogP contribution in [0.25, 0.3) is 0 Å². The summed E-state index contributed by atoms with van der Waals surface area (Å²) in [5.41, 5.74) is 1.10. The molecule has 1 fully saturated rings. The summed E-state index contributed by atoms with van der Waals surface area (Å²) in [6.45, 7) is 0. The van der Waals surface area contributed by atoms with Gasteiger partial charge in [0, 0.05) is 16.2 Å². The second-order valence-corrected chi connectivity index (χ2v) is 5.55. The SMILES string of the molecule is N#CC1CCCCCC1Nc1cccc(Br)c1. The van der Waals surface area contributed by atoms with Crippen LogP contribution in [0.5, 0.6) is 0 Å². The summed E-state index contributed by atoms with van der Waals surface area (Å²) in [4.78, 5) is 0. The smallest absolute Gasteiger partial charge is 0.0677 e. The van der Waals surface area contributed by atoms with E-state index in [4.69, 9.17) is 0 Å². The van der Waals surface area contributed by atoms with Crippen LogP contribution in [0.4, 0.5) is 5.69 Å². The predicted octanol–water partition coefficient (Wildman–Crippen LogP) is 4.33. The summed E-state index contributed by atoms with van der Waals surface area (Å²) in [5, 5.41) is 12.7. The van der Waals surface area contributed by atoms with Crippen molar-refractivity contribution in [2.45, 2.75) is 38.1 Å². The highest BCUT2D eigenvalue weighted by atomic mass is 79.9. The molecule has 0 spiro atoms. The largest absolute Gasteiger partial charge is 0.381 e. The number of halogens is 1. The summed E-state index contributed by atoms with van der Waals surface area (Å²) in [6, 6.07) is 10.9. The minimum atomic E-state index is 0.150. The van der Waals surface area contributed by atoms with Gasteiger partial charge in [0.2, 0.25) is 0 Å². The molecule has 2 atom stereocenters. The number of nitrogens with one attached hydrogen (secondary N) is 1. The maximum Gasteiger partial charge on any atom is 0.0677 e. The first-order chi connectivity index (χ1) is 8.29. The molecule has 0 aromatic heterocycles. The summed E-state index contributed by atoms with van der Waals surface area (Å²) in [5.74, 6) is 0.150. The third kappa shape index (κ3) is 3.47. The molecule has 1 aliphatic carbocycles. The van der Waals surface area contributed by atoms with Crippen molar-refractivity contribution in [2.24, 2.45) is 5.92 Å². The molecular weight excluding hydrogens is 276 g/mol. The molecule has 1 aliphatic rings. The molecule has 0 heterocycles. The fourth-order valence-electron chi connectivity index (χ4n) is 2.43. The highest BCUT2D eigenvalue weighted by Gasteiger charge is 2.23. The van der Waals surface area contributed by atoms with Crippen LogP contribution < -0.4 is 5.32 Å². The van der Waals surface area contributed by atoms with Gasteiger partial charge in [0.25, 0.3) is 0 Å². The van der Waals surface area contributed by atoms with Gasteiger partial charge in [0.1, 0.15) is 0 Å². The van der Waals surface area contributed by atoms with E-state index < -0.39 is 0 Å². The normalized spacial score (nSPS) is 24.7. The van der Waals surface area contributed by atoms with E-state index in [1.165, 1.54) is 19.3 Å². The highest BCUT2D eigenvalue weighted by molar-refractivity contribution is 9.10. The van der Waals surface area contributed by atoms with Crippen molar-refractivity contribution >= 4 is 21.6 Å². The first-order valence-electron chi connectivity index (χ1n) is 6.21. The molecule has 0 saturated heterocycles. The van der Waals surface area contributed by atoms with Crippen LogP contribution in [-0.4, -0.2) is 6.04 Å². The quantitative estimate of drug-likeness (QED) is 0.824. The van der Waals surface area contributed by atoms with Gasteiger partial charge in [0.15, 0.2) is 0 Å².